The topological polar surface area (TPSA) is 58.2 Å². The molecule has 3 rings (SSSR count). The number of hydrogen-bond acceptors (Lipinski definition) is 2. The third kappa shape index (κ3) is 3.35. The summed E-state index contributed by atoms with van der Waals surface area (Å²) in [5.74, 6) is -0.556. The molecule has 1 aliphatic heterocycles. The predicted molar refractivity (Wildman–Crippen MR) is 98.8 cm³/mol. The normalized spacial score (nSPS) is 20.3. The summed E-state index contributed by atoms with van der Waals surface area (Å²) in [5, 5.41) is 6.11. The molecule has 23 heavy (non-hydrogen) atoms. The van der Waals surface area contributed by atoms with Gasteiger partial charge in [0, 0.05) is 15.0 Å². The molecular weight excluding hydrogens is 427 g/mol. The van der Waals surface area contributed by atoms with Gasteiger partial charge in [-0.1, -0.05) is 23.7 Å². The van der Waals surface area contributed by atoms with Crippen molar-refractivity contribution in [3.05, 3.63) is 62.2 Å². The van der Waals surface area contributed by atoms with Crippen molar-refractivity contribution < 1.29 is 9.59 Å². The van der Waals surface area contributed by atoms with Gasteiger partial charge in [-0.05, 0) is 65.4 Å². The van der Waals surface area contributed by atoms with Gasteiger partial charge >= 0.3 is 0 Å². The molecule has 0 spiro atoms. The van der Waals surface area contributed by atoms with Crippen LogP contribution in [0.2, 0.25) is 5.02 Å². The van der Waals surface area contributed by atoms with Crippen LogP contribution in [-0.4, -0.2) is 17.4 Å². The molecule has 1 atom stereocenters. The lowest BCUT2D eigenvalue weighted by Gasteiger charge is -2.27. The smallest absolute Gasteiger partial charge is 0.254 e. The summed E-state index contributed by atoms with van der Waals surface area (Å²) < 4.78 is 1.12. The number of amides is 2. The van der Waals surface area contributed by atoms with E-state index in [1.807, 2.05) is 24.3 Å². The molecule has 0 bridgehead atoms. The number of halogens is 2. The van der Waals surface area contributed by atoms with Gasteiger partial charge in [-0.15, -0.1) is 0 Å². The zero-order chi connectivity index (χ0) is 16.6. The summed E-state index contributed by atoms with van der Waals surface area (Å²) >= 11 is 8.18. The van der Waals surface area contributed by atoms with E-state index in [1.54, 1.807) is 25.1 Å². The fourth-order valence-corrected chi connectivity index (χ4v) is 3.11. The molecule has 1 aliphatic rings. The second kappa shape index (κ2) is 6.13. The molecule has 0 unspecified atom stereocenters. The average molecular weight is 441 g/mol. The minimum Gasteiger partial charge on any atom is -0.337 e. The molecule has 0 saturated carbocycles. The Kier molecular flexibility index (Phi) is 4.33. The number of fused-ring (bicyclic) bond motifs is 1. The van der Waals surface area contributed by atoms with Crippen LogP contribution in [0, 0.1) is 3.57 Å². The van der Waals surface area contributed by atoms with Crippen LogP contribution < -0.4 is 10.6 Å². The van der Waals surface area contributed by atoms with Crippen molar-refractivity contribution in [2.75, 3.05) is 5.32 Å². The van der Waals surface area contributed by atoms with E-state index in [0.717, 1.165) is 9.13 Å². The summed E-state index contributed by atoms with van der Waals surface area (Å²) in [5.41, 5.74) is 0.794. The van der Waals surface area contributed by atoms with E-state index in [1.165, 1.54) is 0 Å². The van der Waals surface area contributed by atoms with Crippen LogP contribution in [-0.2, 0) is 11.2 Å². The standard InChI is InChI=1S/C17H14ClIN2O2/c1-17(9-10-2-5-12(19)6-3-10)16(23)20-14-7-4-11(18)8-13(14)15(22)21-17/h2-8H,9H2,1H3,(H,20,23)(H,21,22)/t17-/m0/s1. The molecule has 0 aromatic heterocycles. The Balaban J connectivity index is 1.93. The van der Waals surface area contributed by atoms with Gasteiger partial charge in [0.25, 0.3) is 5.91 Å². The maximum Gasteiger partial charge on any atom is 0.254 e. The fraction of sp³-hybridized carbons (Fsp3) is 0.176. The number of anilines is 1. The van der Waals surface area contributed by atoms with Gasteiger partial charge in [-0.25, -0.2) is 0 Å². The Morgan fingerprint density at radius 2 is 1.83 bits per heavy atom. The highest BCUT2D eigenvalue weighted by Gasteiger charge is 2.38. The predicted octanol–water partition coefficient (Wildman–Crippen LogP) is 3.63. The van der Waals surface area contributed by atoms with E-state index >= 15 is 0 Å². The minimum absolute atomic E-state index is 0.245. The van der Waals surface area contributed by atoms with Gasteiger partial charge in [0.1, 0.15) is 5.54 Å². The molecule has 1 heterocycles. The molecule has 6 heteroatoms. The first-order valence-electron chi connectivity index (χ1n) is 7.05. The van der Waals surface area contributed by atoms with Crippen LogP contribution >= 0.6 is 34.2 Å². The van der Waals surface area contributed by atoms with Gasteiger partial charge < -0.3 is 10.6 Å². The number of carbonyl (C=O) groups excluding carboxylic acids is 2. The molecular formula is C17H14ClIN2O2. The molecule has 118 valence electrons. The quantitative estimate of drug-likeness (QED) is 0.701. The summed E-state index contributed by atoms with van der Waals surface area (Å²) in [7, 11) is 0. The highest BCUT2D eigenvalue weighted by Crippen LogP contribution is 2.27. The lowest BCUT2D eigenvalue weighted by atomic mass is 9.92. The minimum atomic E-state index is -1.03. The Morgan fingerprint density at radius 3 is 2.52 bits per heavy atom. The van der Waals surface area contributed by atoms with Crippen molar-refractivity contribution in [3.8, 4) is 0 Å². The SMILES string of the molecule is C[C@@]1(Cc2ccc(I)cc2)NC(=O)c2cc(Cl)ccc2NC1=O. The first kappa shape index (κ1) is 16.3. The summed E-state index contributed by atoms with van der Waals surface area (Å²) in [4.78, 5) is 25.1. The van der Waals surface area contributed by atoms with Crippen molar-refractivity contribution in [1.82, 2.24) is 5.32 Å². The average Bonchev–Trinajstić information content (AvgIpc) is 2.59. The molecule has 0 saturated heterocycles. The first-order valence-corrected chi connectivity index (χ1v) is 8.51. The van der Waals surface area contributed by atoms with Crippen LogP contribution in [0.4, 0.5) is 5.69 Å². The fourth-order valence-electron chi connectivity index (χ4n) is 2.58. The lowest BCUT2D eigenvalue weighted by molar-refractivity contribution is -0.121. The number of hydrogen-bond donors (Lipinski definition) is 2. The summed E-state index contributed by atoms with van der Waals surface area (Å²) in [6.45, 7) is 1.73. The Hall–Kier alpha value is -1.60. The molecule has 2 aromatic rings. The van der Waals surface area contributed by atoms with Crippen LogP contribution in [0.15, 0.2) is 42.5 Å². The number of rotatable bonds is 2. The van der Waals surface area contributed by atoms with Crippen molar-refractivity contribution in [1.29, 1.82) is 0 Å². The van der Waals surface area contributed by atoms with Crippen molar-refractivity contribution >= 4 is 51.7 Å². The number of carbonyl (C=O) groups is 2. The van der Waals surface area contributed by atoms with Crippen LogP contribution in [0.1, 0.15) is 22.8 Å². The number of benzene rings is 2. The second-order valence-corrected chi connectivity index (χ2v) is 7.42. The van der Waals surface area contributed by atoms with Crippen LogP contribution in [0.3, 0.4) is 0 Å². The van der Waals surface area contributed by atoms with Gasteiger partial charge in [-0.3, -0.25) is 9.59 Å². The third-order valence-electron chi connectivity index (χ3n) is 3.84. The highest BCUT2D eigenvalue weighted by atomic mass is 127. The van der Waals surface area contributed by atoms with Crippen molar-refractivity contribution in [2.24, 2.45) is 0 Å². The van der Waals surface area contributed by atoms with E-state index in [9.17, 15) is 9.59 Å². The van der Waals surface area contributed by atoms with Gasteiger partial charge in [0.05, 0.1) is 11.3 Å². The van der Waals surface area contributed by atoms with Crippen LogP contribution in [0.25, 0.3) is 0 Å². The first-order chi connectivity index (χ1) is 10.9. The third-order valence-corrected chi connectivity index (χ3v) is 4.79. The van der Waals surface area contributed by atoms with Crippen molar-refractivity contribution in [2.45, 2.75) is 18.9 Å². The van der Waals surface area contributed by atoms with Crippen LogP contribution in [0.5, 0.6) is 0 Å². The van der Waals surface area contributed by atoms with E-state index < -0.39 is 5.54 Å². The van der Waals surface area contributed by atoms with Crippen molar-refractivity contribution in [3.63, 3.8) is 0 Å². The molecule has 0 radical (unpaired) electrons. The molecule has 4 nitrogen and oxygen atoms in total. The largest absolute Gasteiger partial charge is 0.337 e. The summed E-state index contributed by atoms with van der Waals surface area (Å²) in [6.07, 6.45) is 0.406. The zero-order valence-corrected chi connectivity index (χ0v) is 15.2. The van der Waals surface area contributed by atoms with Gasteiger partial charge in [0.15, 0.2) is 0 Å². The maximum absolute atomic E-state index is 12.6. The summed E-state index contributed by atoms with van der Waals surface area (Å²) in [6, 6.07) is 12.7. The zero-order valence-electron chi connectivity index (χ0n) is 12.3. The molecule has 0 aliphatic carbocycles. The van der Waals surface area contributed by atoms with E-state index in [2.05, 4.69) is 33.2 Å². The Bertz CT molecular complexity index is 792. The van der Waals surface area contributed by atoms with E-state index in [-0.39, 0.29) is 11.8 Å². The lowest BCUT2D eigenvalue weighted by Crippen LogP contribution is -2.54. The monoisotopic (exact) mass is 440 g/mol. The van der Waals surface area contributed by atoms with E-state index in [0.29, 0.717) is 22.7 Å². The van der Waals surface area contributed by atoms with E-state index in [4.69, 9.17) is 11.6 Å². The molecule has 2 N–H and O–H groups in total. The highest BCUT2D eigenvalue weighted by molar-refractivity contribution is 14.1. The molecule has 0 fully saturated rings. The Labute approximate surface area is 152 Å². The number of nitrogens with one attached hydrogen (secondary N) is 2. The Morgan fingerprint density at radius 1 is 1.13 bits per heavy atom. The van der Waals surface area contributed by atoms with Gasteiger partial charge in [0.2, 0.25) is 5.91 Å². The molecule has 2 amide bonds. The molecule has 2 aromatic carbocycles. The maximum atomic E-state index is 12.6. The van der Waals surface area contributed by atoms with Gasteiger partial charge in [-0.2, -0.15) is 0 Å². The second-order valence-electron chi connectivity index (χ2n) is 5.73.